The number of hydrogen-bond donors (Lipinski definition) is 1. The molecule has 0 saturated heterocycles. The van der Waals surface area contributed by atoms with E-state index < -0.39 is 0 Å². The SMILES string of the molecule is COc1ccccc1-c1cc(C(=O)N2CCc3cc(-c4ccncc4)ccc32)[nH]n1. The lowest BCUT2D eigenvalue weighted by atomic mass is 10.0. The molecule has 0 aliphatic carbocycles. The van der Waals surface area contributed by atoms with Crippen molar-refractivity contribution < 1.29 is 9.53 Å². The maximum absolute atomic E-state index is 13.2. The van der Waals surface area contributed by atoms with Crippen molar-refractivity contribution in [3.05, 3.63) is 84.3 Å². The lowest BCUT2D eigenvalue weighted by Crippen LogP contribution is -2.29. The molecule has 0 atom stereocenters. The lowest BCUT2D eigenvalue weighted by molar-refractivity contribution is 0.0984. The molecule has 0 fully saturated rings. The molecule has 1 N–H and O–H groups in total. The summed E-state index contributed by atoms with van der Waals surface area (Å²) < 4.78 is 5.41. The Labute approximate surface area is 174 Å². The smallest absolute Gasteiger partial charge is 0.276 e. The number of benzene rings is 2. The molecule has 0 saturated carbocycles. The molecule has 6 heteroatoms. The number of pyridine rings is 1. The van der Waals surface area contributed by atoms with E-state index in [2.05, 4.69) is 21.2 Å². The molecule has 1 aliphatic rings. The molecule has 30 heavy (non-hydrogen) atoms. The zero-order chi connectivity index (χ0) is 20.5. The second-order valence-electron chi connectivity index (χ2n) is 7.15. The van der Waals surface area contributed by atoms with Crippen molar-refractivity contribution in [2.24, 2.45) is 0 Å². The molecule has 6 nitrogen and oxygen atoms in total. The van der Waals surface area contributed by atoms with E-state index in [4.69, 9.17) is 4.74 Å². The zero-order valence-corrected chi connectivity index (χ0v) is 16.5. The summed E-state index contributed by atoms with van der Waals surface area (Å²) in [5.41, 5.74) is 6.36. The van der Waals surface area contributed by atoms with Crippen LogP contribution in [0.4, 0.5) is 5.69 Å². The first-order valence-electron chi connectivity index (χ1n) is 9.78. The van der Waals surface area contributed by atoms with Gasteiger partial charge in [0.25, 0.3) is 5.91 Å². The van der Waals surface area contributed by atoms with Gasteiger partial charge in [0.05, 0.1) is 12.8 Å². The first kappa shape index (κ1) is 18.1. The van der Waals surface area contributed by atoms with E-state index >= 15 is 0 Å². The van der Waals surface area contributed by atoms with Crippen LogP contribution in [0.3, 0.4) is 0 Å². The van der Waals surface area contributed by atoms with Gasteiger partial charge in [-0.05, 0) is 65.6 Å². The highest BCUT2D eigenvalue weighted by Gasteiger charge is 2.27. The third-order valence-corrected chi connectivity index (χ3v) is 5.43. The summed E-state index contributed by atoms with van der Waals surface area (Å²) in [6.07, 6.45) is 4.40. The van der Waals surface area contributed by atoms with E-state index in [1.54, 1.807) is 25.6 Å². The van der Waals surface area contributed by atoms with Crippen molar-refractivity contribution in [3.8, 4) is 28.1 Å². The van der Waals surface area contributed by atoms with E-state index in [1.165, 1.54) is 5.56 Å². The van der Waals surface area contributed by atoms with Crippen LogP contribution in [-0.2, 0) is 6.42 Å². The fraction of sp³-hybridized carbons (Fsp3) is 0.125. The number of para-hydroxylation sites is 1. The van der Waals surface area contributed by atoms with Crippen LogP contribution in [-0.4, -0.2) is 34.7 Å². The van der Waals surface area contributed by atoms with Crippen molar-refractivity contribution in [1.82, 2.24) is 15.2 Å². The average Bonchev–Trinajstić information content (AvgIpc) is 3.46. The van der Waals surface area contributed by atoms with Crippen LogP contribution >= 0.6 is 0 Å². The van der Waals surface area contributed by atoms with Gasteiger partial charge in [-0.25, -0.2) is 0 Å². The molecule has 2 aromatic carbocycles. The van der Waals surface area contributed by atoms with Crippen molar-refractivity contribution in [3.63, 3.8) is 0 Å². The van der Waals surface area contributed by atoms with Gasteiger partial charge in [0.15, 0.2) is 0 Å². The zero-order valence-electron chi connectivity index (χ0n) is 16.5. The van der Waals surface area contributed by atoms with E-state index in [0.717, 1.165) is 34.5 Å². The standard InChI is InChI=1S/C24H20N4O2/c1-30-23-5-3-2-4-19(23)20-15-21(27-26-20)24(29)28-13-10-18-14-17(6-7-22(18)28)16-8-11-25-12-9-16/h2-9,11-12,14-15H,10,13H2,1H3,(H,26,27). The number of aromatic nitrogens is 3. The highest BCUT2D eigenvalue weighted by atomic mass is 16.5. The Morgan fingerprint density at radius 2 is 1.87 bits per heavy atom. The van der Waals surface area contributed by atoms with E-state index in [9.17, 15) is 4.79 Å². The molecule has 0 bridgehead atoms. The number of carbonyl (C=O) groups excluding carboxylic acids is 1. The van der Waals surface area contributed by atoms with Gasteiger partial charge in [0.1, 0.15) is 11.4 Å². The van der Waals surface area contributed by atoms with E-state index in [-0.39, 0.29) is 5.91 Å². The number of nitrogens with one attached hydrogen (secondary N) is 1. The van der Waals surface area contributed by atoms with Gasteiger partial charge in [-0.1, -0.05) is 18.2 Å². The quantitative estimate of drug-likeness (QED) is 0.557. The van der Waals surface area contributed by atoms with Crippen LogP contribution in [0.15, 0.2) is 73.1 Å². The summed E-state index contributed by atoms with van der Waals surface area (Å²) >= 11 is 0. The summed E-state index contributed by atoms with van der Waals surface area (Å²) in [6.45, 7) is 0.650. The molecule has 4 aromatic rings. The number of nitrogens with zero attached hydrogens (tertiary/aromatic N) is 3. The maximum atomic E-state index is 13.2. The molecule has 148 valence electrons. The maximum Gasteiger partial charge on any atom is 0.276 e. The lowest BCUT2D eigenvalue weighted by Gasteiger charge is -2.16. The van der Waals surface area contributed by atoms with Crippen molar-refractivity contribution >= 4 is 11.6 Å². The first-order valence-corrected chi connectivity index (χ1v) is 9.78. The normalized spacial score (nSPS) is 12.6. The minimum atomic E-state index is -0.0842. The van der Waals surface area contributed by atoms with Gasteiger partial charge in [0.2, 0.25) is 0 Å². The Bertz CT molecular complexity index is 1220. The monoisotopic (exact) mass is 396 g/mol. The van der Waals surface area contributed by atoms with Crippen LogP contribution in [0.1, 0.15) is 16.1 Å². The van der Waals surface area contributed by atoms with E-state index in [1.807, 2.05) is 53.4 Å². The molecular formula is C24H20N4O2. The number of carbonyl (C=O) groups is 1. The van der Waals surface area contributed by atoms with Gasteiger partial charge in [0, 0.05) is 30.2 Å². The average molecular weight is 396 g/mol. The Morgan fingerprint density at radius 3 is 2.70 bits per heavy atom. The molecule has 2 aromatic heterocycles. The molecule has 1 amide bonds. The molecule has 0 radical (unpaired) electrons. The van der Waals surface area contributed by atoms with Gasteiger partial charge in [-0.2, -0.15) is 5.10 Å². The van der Waals surface area contributed by atoms with Crippen molar-refractivity contribution in [1.29, 1.82) is 0 Å². The molecule has 0 unspecified atom stereocenters. The largest absolute Gasteiger partial charge is 0.496 e. The predicted molar refractivity (Wildman–Crippen MR) is 116 cm³/mol. The van der Waals surface area contributed by atoms with Gasteiger partial charge >= 0.3 is 0 Å². The fourth-order valence-electron chi connectivity index (χ4n) is 3.91. The topological polar surface area (TPSA) is 71.1 Å². The number of H-pyrrole nitrogens is 1. The van der Waals surface area contributed by atoms with Gasteiger partial charge < -0.3 is 9.64 Å². The Balaban J connectivity index is 1.42. The van der Waals surface area contributed by atoms with Crippen molar-refractivity contribution in [2.45, 2.75) is 6.42 Å². The number of amides is 1. The number of fused-ring (bicyclic) bond motifs is 1. The number of aromatic amines is 1. The molecule has 1 aliphatic heterocycles. The fourth-order valence-corrected chi connectivity index (χ4v) is 3.91. The summed E-state index contributed by atoms with van der Waals surface area (Å²) in [6, 6.07) is 19.6. The van der Waals surface area contributed by atoms with Crippen LogP contribution in [0, 0.1) is 0 Å². The predicted octanol–water partition coefficient (Wildman–Crippen LogP) is 4.35. The van der Waals surface area contributed by atoms with Crippen LogP contribution in [0.25, 0.3) is 22.4 Å². The number of hydrogen-bond acceptors (Lipinski definition) is 4. The second-order valence-corrected chi connectivity index (χ2v) is 7.15. The third-order valence-electron chi connectivity index (χ3n) is 5.43. The minimum absolute atomic E-state index is 0.0842. The molecule has 5 rings (SSSR count). The Hall–Kier alpha value is -3.93. The summed E-state index contributed by atoms with van der Waals surface area (Å²) in [5, 5.41) is 7.24. The number of ether oxygens (including phenoxy) is 1. The van der Waals surface area contributed by atoms with Crippen LogP contribution in [0.5, 0.6) is 5.75 Å². The van der Waals surface area contributed by atoms with Gasteiger partial charge in [-0.3, -0.25) is 14.9 Å². The number of methoxy groups -OCH3 is 1. The molecule has 3 heterocycles. The second kappa shape index (κ2) is 7.48. The number of rotatable bonds is 4. The Morgan fingerprint density at radius 1 is 1.03 bits per heavy atom. The summed E-state index contributed by atoms with van der Waals surface area (Å²) in [4.78, 5) is 19.1. The minimum Gasteiger partial charge on any atom is -0.496 e. The third kappa shape index (κ3) is 3.12. The first-order chi connectivity index (χ1) is 14.7. The van der Waals surface area contributed by atoms with E-state index in [0.29, 0.717) is 17.9 Å². The summed E-state index contributed by atoms with van der Waals surface area (Å²) in [5.74, 6) is 0.636. The Kier molecular flexibility index (Phi) is 4.52. The van der Waals surface area contributed by atoms with Crippen molar-refractivity contribution in [2.75, 3.05) is 18.6 Å². The summed E-state index contributed by atoms with van der Waals surface area (Å²) in [7, 11) is 1.62. The highest BCUT2D eigenvalue weighted by molar-refractivity contribution is 6.06. The molecule has 0 spiro atoms. The van der Waals surface area contributed by atoms with Crippen LogP contribution in [0.2, 0.25) is 0 Å². The highest BCUT2D eigenvalue weighted by Crippen LogP contribution is 2.34. The molecular weight excluding hydrogens is 376 g/mol. The van der Waals surface area contributed by atoms with Crippen LogP contribution < -0.4 is 9.64 Å². The number of anilines is 1. The van der Waals surface area contributed by atoms with Gasteiger partial charge in [-0.15, -0.1) is 0 Å².